The summed E-state index contributed by atoms with van der Waals surface area (Å²) in [5.74, 6) is 0.479. The van der Waals surface area contributed by atoms with E-state index in [9.17, 15) is 13.8 Å². The predicted octanol–water partition coefficient (Wildman–Crippen LogP) is 2.93. The summed E-state index contributed by atoms with van der Waals surface area (Å²) in [7, 11) is 7.65. The second-order valence-corrected chi connectivity index (χ2v) is 10.1. The van der Waals surface area contributed by atoms with Gasteiger partial charge in [0.15, 0.2) is 0 Å². The number of likely N-dealkylation sites (N-methyl/N-ethyl adjacent to an activating group) is 2. The van der Waals surface area contributed by atoms with Gasteiger partial charge in [-0.3, -0.25) is 9.59 Å². The Balaban J connectivity index is 1.90. The highest BCUT2D eigenvalue weighted by Crippen LogP contribution is 2.25. The van der Waals surface area contributed by atoms with Crippen molar-refractivity contribution in [2.75, 3.05) is 60.3 Å². The minimum absolute atomic E-state index is 0.0621. The van der Waals surface area contributed by atoms with Crippen LogP contribution >= 0.6 is 0 Å². The molecule has 0 saturated heterocycles. The summed E-state index contributed by atoms with van der Waals surface area (Å²) in [5, 5.41) is 2.84. The zero-order chi connectivity index (χ0) is 25.4. The van der Waals surface area contributed by atoms with E-state index in [-0.39, 0.29) is 18.2 Å². The number of hydrogen-bond acceptors (Lipinski definition) is 5. The number of nitrogens with zero attached hydrogens (tertiary/aromatic N) is 3. The van der Waals surface area contributed by atoms with Crippen LogP contribution in [0.2, 0.25) is 0 Å². The number of rotatable bonds is 11. The van der Waals surface area contributed by atoms with E-state index in [1.54, 1.807) is 54.7 Å². The van der Waals surface area contributed by atoms with Gasteiger partial charge in [-0.25, -0.2) is 8.51 Å². The van der Waals surface area contributed by atoms with E-state index < -0.39 is 11.0 Å². The van der Waals surface area contributed by atoms with E-state index >= 15 is 0 Å². The second-order valence-electron chi connectivity index (χ2n) is 8.60. The SMILES string of the molecule is COc1cc(C)c(S(=O)N(C)CCC(=O)Nc2ccc(C(=O)N(C)CCN(C)C)cc2)c(C)c1. The first kappa shape index (κ1) is 27.5. The Bertz CT molecular complexity index is 1000. The number of nitrogens with one attached hydrogen (secondary N) is 1. The number of ether oxygens (including phenoxy) is 1. The highest BCUT2D eigenvalue weighted by molar-refractivity contribution is 7.82. The maximum absolute atomic E-state index is 13.0. The minimum Gasteiger partial charge on any atom is -0.497 e. The lowest BCUT2D eigenvalue weighted by molar-refractivity contribution is -0.116. The Hall–Kier alpha value is -2.75. The summed E-state index contributed by atoms with van der Waals surface area (Å²) in [6.45, 7) is 5.55. The summed E-state index contributed by atoms with van der Waals surface area (Å²) in [4.78, 5) is 29.4. The van der Waals surface area contributed by atoms with Gasteiger partial charge in [-0.1, -0.05) is 0 Å². The average Bonchev–Trinajstić information content (AvgIpc) is 2.80. The van der Waals surface area contributed by atoms with Crippen molar-refractivity contribution in [2.45, 2.75) is 25.2 Å². The van der Waals surface area contributed by atoms with Gasteiger partial charge in [-0.15, -0.1) is 0 Å². The van der Waals surface area contributed by atoms with E-state index in [4.69, 9.17) is 4.74 Å². The molecule has 0 aliphatic heterocycles. The van der Waals surface area contributed by atoms with Gasteiger partial charge in [-0.2, -0.15) is 0 Å². The number of carbonyl (C=O) groups is 2. The first-order chi connectivity index (χ1) is 16.0. The molecule has 0 bridgehead atoms. The highest BCUT2D eigenvalue weighted by atomic mass is 32.2. The van der Waals surface area contributed by atoms with Crippen LogP contribution < -0.4 is 10.1 Å². The third-order valence-corrected chi connectivity index (χ3v) is 7.17. The van der Waals surface area contributed by atoms with Gasteiger partial charge < -0.3 is 19.9 Å². The second kappa shape index (κ2) is 12.6. The number of benzene rings is 2. The van der Waals surface area contributed by atoms with Crippen molar-refractivity contribution < 1.29 is 18.5 Å². The van der Waals surface area contributed by atoms with Crippen molar-refractivity contribution in [3.8, 4) is 5.75 Å². The molecular formula is C25H36N4O4S. The quantitative estimate of drug-likeness (QED) is 0.526. The van der Waals surface area contributed by atoms with Gasteiger partial charge in [0.05, 0.1) is 12.0 Å². The molecule has 34 heavy (non-hydrogen) atoms. The monoisotopic (exact) mass is 488 g/mol. The Morgan fingerprint density at radius 1 is 0.941 bits per heavy atom. The highest BCUT2D eigenvalue weighted by Gasteiger charge is 2.18. The van der Waals surface area contributed by atoms with E-state index in [0.29, 0.717) is 24.3 Å². The summed E-state index contributed by atoms with van der Waals surface area (Å²) in [6, 6.07) is 10.6. The lowest BCUT2D eigenvalue weighted by Gasteiger charge is -2.20. The minimum atomic E-state index is -1.39. The number of hydrogen-bond donors (Lipinski definition) is 1. The third kappa shape index (κ3) is 7.65. The number of aryl methyl sites for hydroxylation is 2. The van der Waals surface area contributed by atoms with Gasteiger partial charge in [0.2, 0.25) is 5.91 Å². The molecule has 1 atom stereocenters. The van der Waals surface area contributed by atoms with Crippen LogP contribution in [0.3, 0.4) is 0 Å². The van der Waals surface area contributed by atoms with E-state index in [1.807, 2.05) is 45.0 Å². The average molecular weight is 489 g/mol. The number of amides is 2. The molecule has 1 unspecified atom stereocenters. The fraction of sp³-hybridized carbons (Fsp3) is 0.440. The van der Waals surface area contributed by atoms with Gasteiger partial charge in [-0.05, 0) is 75.5 Å². The standard InChI is InChI=1S/C25H36N4O4S/c1-18-16-22(33-7)17-19(2)24(18)34(32)29(6)13-12-23(30)26-21-10-8-20(9-11-21)25(31)28(5)15-14-27(3)4/h8-11,16-17H,12-15H2,1-7H3,(H,26,30). The Morgan fingerprint density at radius 3 is 2.06 bits per heavy atom. The molecule has 0 aromatic heterocycles. The van der Waals surface area contributed by atoms with Gasteiger partial charge >= 0.3 is 0 Å². The molecule has 1 N–H and O–H groups in total. The normalized spacial score (nSPS) is 12.0. The first-order valence-electron chi connectivity index (χ1n) is 11.1. The molecule has 0 aliphatic rings. The van der Waals surface area contributed by atoms with Crippen LogP contribution in [-0.4, -0.2) is 85.1 Å². The zero-order valence-electron chi connectivity index (χ0n) is 21.2. The molecule has 0 spiro atoms. The molecule has 0 saturated carbocycles. The summed E-state index contributed by atoms with van der Waals surface area (Å²) in [5.41, 5.74) is 2.95. The smallest absolute Gasteiger partial charge is 0.253 e. The van der Waals surface area contributed by atoms with Crippen LogP contribution in [0.5, 0.6) is 5.75 Å². The lowest BCUT2D eigenvalue weighted by Crippen LogP contribution is -2.33. The van der Waals surface area contributed by atoms with Crippen molar-refractivity contribution in [3.05, 3.63) is 53.1 Å². The van der Waals surface area contributed by atoms with Crippen molar-refractivity contribution in [2.24, 2.45) is 0 Å². The Morgan fingerprint density at radius 2 is 1.53 bits per heavy atom. The van der Waals surface area contributed by atoms with Crippen molar-refractivity contribution in [3.63, 3.8) is 0 Å². The molecule has 0 heterocycles. The maximum Gasteiger partial charge on any atom is 0.253 e. The first-order valence-corrected chi connectivity index (χ1v) is 12.2. The molecule has 8 nitrogen and oxygen atoms in total. The van der Waals surface area contributed by atoms with Gasteiger partial charge in [0.1, 0.15) is 16.7 Å². The summed E-state index contributed by atoms with van der Waals surface area (Å²) < 4.78 is 20.0. The van der Waals surface area contributed by atoms with Gasteiger partial charge in [0, 0.05) is 51.4 Å². The van der Waals surface area contributed by atoms with Crippen molar-refractivity contribution in [1.82, 2.24) is 14.1 Å². The summed E-state index contributed by atoms with van der Waals surface area (Å²) >= 11 is 0. The van der Waals surface area contributed by atoms with Gasteiger partial charge in [0.25, 0.3) is 5.91 Å². The number of anilines is 1. The molecule has 2 aromatic carbocycles. The van der Waals surface area contributed by atoms with Crippen LogP contribution in [0, 0.1) is 13.8 Å². The van der Waals surface area contributed by atoms with Crippen LogP contribution in [-0.2, 0) is 15.8 Å². The van der Waals surface area contributed by atoms with E-state index in [0.717, 1.165) is 28.3 Å². The van der Waals surface area contributed by atoms with Crippen LogP contribution in [0.25, 0.3) is 0 Å². The molecule has 9 heteroatoms. The Kier molecular flexibility index (Phi) is 10.2. The van der Waals surface area contributed by atoms with Crippen molar-refractivity contribution >= 4 is 28.5 Å². The number of methoxy groups -OCH3 is 1. The third-order valence-electron chi connectivity index (χ3n) is 5.43. The van der Waals surface area contributed by atoms with Crippen LogP contribution in [0.1, 0.15) is 27.9 Å². The topological polar surface area (TPSA) is 82.2 Å². The van der Waals surface area contributed by atoms with Crippen LogP contribution in [0.15, 0.2) is 41.3 Å². The summed E-state index contributed by atoms with van der Waals surface area (Å²) in [6.07, 6.45) is 0.185. The van der Waals surface area contributed by atoms with E-state index in [1.165, 1.54) is 0 Å². The largest absolute Gasteiger partial charge is 0.497 e. The number of carbonyl (C=O) groups excluding carboxylic acids is 2. The fourth-order valence-electron chi connectivity index (χ4n) is 3.39. The molecule has 0 radical (unpaired) electrons. The molecule has 0 aliphatic carbocycles. The molecule has 186 valence electrons. The Labute approximate surface area is 205 Å². The molecule has 2 amide bonds. The van der Waals surface area contributed by atoms with Crippen molar-refractivity contribution in [1.29, 1.82) is 0 Å². The molecule has 2 aromatic rings. The predicted molar refractivity (Wildman–Crippen MR) is 137 cm³/mol. The van der Waals surface area contributed by atoms with Crippen LogP contribution in [0.4, 0.5) is 5.69 Å². The molecular weight excluding hydrogens is 452 g/mol. The molecule has 0 fully saturated rings. The zero-order valence-corrected chi connectivity index (χ0v) is 22.0. The fourth-order valence-corrected chi connectivity index (χ4v) is 4.63. The lowest BCUT2D eigenvalue weighted by atomic mass is 10.1. The van der Waals surface area contributed by atoms with E-state index in [2.05, 4.69) is 5.32 Å². The maximum atomic E-state index is 13.0. The molecule has 2 rings (SSSR count).